The van der Waals surface area contributed by atoms with Gasteiger partial charge in [-0.05, 0) is 77.5 Å². The van der Waals surface area contributed by atoms with Gasteiger partial charge in [0.25, 0.3) is 51.8 Å². The Hall–Kier alpha value is -4.90. The topological polar surface area (TPSA) is 495 Å². The summed E-state index contributed by atoms with van der Waals surface area (Å²) in [5.41, 5.74) is -6.76. The molecular weight excluding hydrogens is 1140 g/mol. The summed E-state index contributed by atoms with van der Waals surface area (Å²) >= 11 is 0. The van der Waals surface area contributed by atoms with E-state index in [0.717, 1.165) is 48.5 Å². The fraction of sp³-hybridized carbons (Fsp3) is 0. The summed E-state index contributed by atoms with van der Waals surface area (Å²) in [6, 6.07) is 12.4. The van der Waals surface area contributed by atoms with Gasteiger partial charge in [0.15, 0.2) is 0 Å². The van der Waals surface area contributed by atoms with E-state index >= 15 is 0 Å². The third kappa shape index (κ3) is 14.8. The van der Waals surface area contributed by atoms with Crippen LogP contribution < -0.4 is 139 Å². The summed E-state index contributed by atoms with van der Waals surface area (Å²) in [6.07, 6.45) is 0. The van der Waals surface area contributed by atoms with Crippen molar-refractivity contribution in [1.29, 1.82) is 0 Å². The van der Waals surface area contributed by atoms with Crippen LogP contribution in [0.5, 0.6) is 23.0 Å². The van der Waals surface area contributed by atoms with Gasteiger partial charge >= 0.3 is 118 Å². The van der Waals surface area contributed by atoms with E-state index in [0.29, 0.717) is 48.5 Å². The Kier molecular flexibility index (Phi) is 21.7. The second-order valence-corrected chi connectivity index (χ2v) is 19.8. The number of hydrogen-bond donors (Lipinski definition) is 4. The molecule has 7 aromatic carbocycles. The van der Waals surface area contributed by atoms with Gasteiger partial charge in [0.05, 0.1) is 65.1 Å². The van der Waals surface area contributed by atoms with E-state index in [1.165, 1.54) is 0 Å². The van der Waals surface area contributed by atoms with Crippen LogP contribution in [-0.2, 0) is 40.5 Å². The molecule has 38 heteroatoms. The third-order valence-electron chi connectivity index (χ3n) is 9.54. The molecule has 0 aliphatic carbocycles. The molecule has 7 rings (SSSR count). The number of fused-ring (bicyclic) bond motifs is 2. The van der Waals surface area contributed by atoms with Crippen molar-refractivity contribution >= 4 is 119 Å². The number of nitro groups is 2. The standard InChI is InChI=1S/C38H24N10O20S4.4Na/c49-29-16-30(50)26(42-44-28-14-24(70(60,61)62)10-18-12-32(72(66,67)68)36(38(52)34(18)28)46-40-20-3-7-22(8-4-20)48(55)56)15-25(29)41-43-27-13-23(69(57,58)59)9-17-11-31(71(63,64)65)35(37(51)33(17)27)45-39-19-1-5-21(6-2-19)47(53)54;;;;/h1-16,49-52H,(H,57,58,59)(H,60,61,62)(H,63,64,65)(H,66,67,68);;;;/q;4*+1/p-4. The van der Waals surface area contributed by atoms with E-state index in [2.05, 4.69) is 40.9 Å². The zero-order valence-electron chi connectivity index (χ0n) is 38.7. The van der Waals surface area contributed by atoms with E-state index < -0.39 is 149 Å². The van der Waals surface area contributed by atoms with Crippen LogP contribution >= 0.6 is 0 Å². The molecule has 0 saturated heterocycles. The quantitative estimate of drug-likeness (QED) is 0.0260. The predicted octanol–water partition coefficient (Wildman–Crippen LogP) is -5.23. The van der Waals surface area contributed by atoms with Crippen molar-refractivity contribution in [3.05, 3.63) is 117 Å². The average molecular weight is 1160 g/mol. The molecule has 0 aliphatic rings. The molecule has 0 bridgehead atoms. The zero-order valence-corrected chi connectivity index (χ0v) is 49.9. The van der Waals surface area contributed by atoms with E-state index in [1.54, 1.807) is 0 Å². The number of nitrogens with zero attached hydrogens (tertiary/aromatic N) is 10. The molecule has 0 unspecified atom stereocenters. The minimum absolute atomic E-state index is 0. The Morgan fingerprint density at radius 2 is 0.697 bits per heavy atom. The third-order valence-corrected chi connectivity index (χ3v) is 12.9. The first kappa shape index (κ1) is 65.4. The maximum absolute atomic E-state index is 14.0. The second kappa shape index (κ2) is 25.3. The molecule has 0 aromatic heterocycles. The van der Waals surface area contributed by atoms with Crippen LogP contribution in [0.25, 0.3) is 21.5 Å². The Labute approximate surface area is 513 Å². The smallest absolute Gasteiger partial charge is 0.871 e. The Morgan fingerprint density at radius 1 is 0.382 bits per heavy atom. The Morgan fingerprint density at radius 3 is 0.987 bits per heavy atom. The van der Waals surface area contributed by atoms with Crippen LogP contribution in [0.4, 0.5) is 56.9 Å². The van der Waals surface area contributed by atoms with Crippen molar-refractivity contribution in [3.8, 4) is 23.0 Å². The maximum Gasteiger partial charge on any atom is 1.00 e. The van der Waals surface area contributed by atoms with Gasteiger partial charge in [-0.2, -0.15) is 54.1 Å². The van der Waals surface area contributed by atoms with E-state index in [9.17, 15) is 92.5 Å². The summed E-state index contributed by atoms with van der Waals surface area (Å²) in [5.74, 6) is -5.36. The molecule has 370 valence electrons. The van der Waals surface area contributed by atoms with Gasteiger partial charge in [-0.3, -0.25) is 38.4 Å². The second-order valence-electron chi connectivity index (χ2n) is 14.2. The number of hydrogen-bond acceptors (Lipinski definition) is 24. The molecule has 76 heavy (non-hydrogen) atoms. The molecule has 0 spiro atoms. The fourth-order valence-corrected chi connectivity index (χ4v) is 8.67. The molecule has 0 fully saturated rings. The van der Waals surface area contributed by atoms with Gasteiger partial charge in [0.2, 0.25) is 0 Å². The van der Waals surface area contributed by atoms with E-state index in [-0.39, 0.29) is 141 Å². The van der Waals surface area contributed by atoms with Crippen molar-refractivity contribution < 1.29 is 200 Å². The summed E-state index contributed by atoms with van der Waals surface area (Å²) in [5, 5.41) is 103. The molecule has 30 nitrogen and oxygen atoms in total. The predicted molar refractivity (Wildman–Crippen MR) is 234 cm³/mol. The first-order chi connectivity index (χ1) is 33.5. The Balaban J connectivity index is 0.00000380. The van der Waals surface area contributed by atoms with Gasteiger partial charge in [-0.15, -0.1) is 20.5 Å². The Bertz CT molecular complexity index is 3840. The first-order valence-corrected chi connectivity index (χ1v) is 24.5. The normalized spacial score (nSPS) is 12.2. The number of benzene rings is 7. The monoisotopic (exact) mass is 1160 g/mol. The van der Waals surface area contributed by atoms with Crippen molar-refractivity contribution in [1.82, 2.24) is 0 Å². The van der Waals surface area contributed by atoms with Crippen LogP contribution in [0.15, 0.2) is 158 Å². The minimum Gasteiger partial charge on any atom is -0.871 e. The van der Waals surface area contributed by atoms with E-state index in [1.807, 2.05) is 0 Å². The first-order valence-electron chi connectivity index (χ1n) is 18.7. The maximum atomic E-state index is 14.0. The SMILES string of the molecule is O=[N+]([O-])c1ccc(N=Nc2c(S(=O)(=O)O)cc3cc(S(=O)(=O)O)cc(N=Nc4cc(N=Nc5cc(S(=O)(=O)O)cc6cc(S(=O)(=O)O)c(N=Nc7ccc([N+](=O)[O-])cc7)c([O-])c56)c([O-])cc4[O-])c3c2[O-])cc1.[Na+].[Na+].[Na+].[Na+]. The molecule has 0 heterocycles. The van der Waals surface area contributed by atoms with Crippen LogP contribution in [-0.4, -0.2) is 61.7 Å². The van der Waals surface area contributed by atoms with Crippen molar-refractivity contribution in [2.75, 3.05) is 0 Å². The van der Waals surface area contributed by atoms with Gasteiger partial charge in [-0.1, -0.05) is 29.1 Å². The number of nitro benzene ring substituents is 2. The molecule has 4 N–H and O–H groups in total. The minimum atomic E-state index is -5.40. The summed E-state index contributed by atoms with van der Waals surface area (Å²) < 4.78 is 139. The number of rotatable bonds is 14. The van der Waals surface area contributed by atoms with Gasteiger partial charge in [0.1, 0.15) is 9.79 Å². The molecular formula is C38H20N10Na4O20S4. The van der Waals surface area contributed by atoms with Crippen LogP contribution in [0.3, 0.4) is 0 Å². The molecule has 7 aromatic rings. The van der Waals surface area contributed by atoms with Gasteiger partial charge < -0.3 is 20.4 Å². The zero-order chi connectivity index (χ0) is 52.8. The van der Waals surface area contributed by atoms with Crippen LogP contribution in [0, 0.1) is 20.2 Å². The molecule has 0 atom stereocenters. The molecule has 0 radical (unpaired) electrons. The molecule has 0 saturated carbocycles. The average Bonchev–Trinajstić information content (AvgIpc) is 3.28. The number of non-ortho nitro benzene ring substituents is 2. The van der Waals surface area contributed by atoms with Crippen molar-refractivity contribution in [2.24, 2.45) is 40.9 Å². The molecule has 0 aliphatic heterocycles. The van der Waals surface area contributed by atoms with Crippen molar-refractivity contribution in [2.45, 2.75) is 19.6 Å². The summed E-state index contributed by atoms with van der Waals surface area (Å²) in [4.78, 5) is 16.0. The summed E-state index contributed by atoms with van der Waals surface area (Å²) in [6.45, 7) is 0. The largest absolute Gasteiger partial charge is 1.00 e. The number of azo groups is 4. The van der Waals surface area contributed by atoms with Crippen LogP contribution in [0.1, 0.15) is 0 Å². The fourth-order valence-electron chi connectivity index (χ4n) is 6.29. The molecule has 0 amide bonds. The van der Waals surface area contributed by atoms with Gasteiger partial charge in [0, 0.05) is 35.0 Å². The van der Waals surface area contributed by atoms with Crippen LogP contribution in [0.2, 0.25) is 0 Å². The van der Waals surface area contributed by atoms with Gasteiger partial charge in [-0.25, -0.2) is 0 Å². The summed E-state index contributed by atoms with van der Waals surface area (Å²) in [7, 11) is -21.3. The van der Waals surface area contributed by atoms with E-state index in [4.69, 9.17) is 0 Å². The van der Waals surface area contributed by atoms with Crippen molar-refractivity contribution in [3.63, 3.8) is 0 Å².